The number of hydrogen-bond donors (Lipinski definition) is 3. The molecule has 0 aromatic rings. The van der Waals surface area contributed by atoms with Crippen molar-refractivity contribution < 1.29 is 10.2 Å². The van der Waals surface area contributed by atoms with Gasteiger partial charge in [0, 0.05) is 0 Å². The van der Waals surface area contributed by atoms with Crippen molar-refractivity contribution in [1.29, 1.82) is 0 Å². The third-order valence-electron chi connectivity index (χ3n) is 1.26. The molecule has 0 spiro atoms. The zero-order valence-corrected chi connectivity index (χ0v) is 6.67. The molecule has 3 heteroatoms. The summed E-state index contributed by atoms with van der Waals surface area (Å²) in [6, 6.07) is -0.151. The standard InChI is InChI=1S/C7H17NO2/c1-6(2)3-8-7(4-9)5-10/h6-10H,3-5H2,1-2H3. The van der Waals surface area contributed by atoms with Gasteiger partial charge in [0.1, 0.15) is 0 Å². The van der Waals surface area contributed by atoms with E-state index < -0.39 is 0 Å². The van der Waals surface area contributed by atoms with Crippen molar-refractivity contribution in [3.8, 4) is 0 Å². The van der Waals surface area contributed by atoms with Gasteiger partial charge in [-0.3, -0.25) is 0 Å². The lowest BCUT2D eigenvalue weighted by atomic mass is 10.2. The summed E-state index contributed by atoms with van der Waals surface area (Å²) in [5.41, 5.74) is 0. The van der Waals surface area contributed by atoms with Crippen LogP contribution in [0.15, 0.2) is 0 Å². The van der Waals surface area contributed by atoms with E-state index in [0.717, 1.165) is 6.54 Å². The average Bonchev–Trinajstić information content (AvgIpc) is 1.90. The Kier molecular flexibility index (Phi) is 5.58. The Morgan fingerprint density at radius 3 is 2.00 bits per heavy atom. The minimum absolute atomic E-state index is 0.00319. The third-order valence-corrected chi connectivity index (χ3v) is 1.26. The molecule has 0 aliphatic rings. The summed E-state index contributed by atoms with van der Waals surface area (Å²) in [6.45, 7) is 5.01. The summed E-state index contributed by atoms with van der Waals surface area (Å²) >= 11 is 0. The van der Waals surface area contributed by atoms with E-state index in [2.05, 4.69) is 19.2 Å². The number of aliphatic hydroxyl groups is 2. The quantitative estimate of drug-likeness (QED) is 0.495. The van der Waals surface area contributed by atoms with E-state index in [9.17, 15) is 0 Å². The fourth-order valence-corrected chi connectivity index (χ4v) is 0.589. The van der Waals surface area contributed by atoms with Gasteiger partial charge in [-0.05, 0) is 12.5 Å². The lowest BCUT2D eigenvalue weighted by Gasteiger charge is -2.14. The fraction of sp³-hybridized carbons (Fsp3) is 1.00. The van der Waals surface area contributed by atoms with Gasteiger partial charge in [0.25, 0.3) is 0 Å². The Morgan fingerprint density at radius 1 is 1.20 bits per heavy atom. The van der Waals surface area contributed by atoms with Gasteiger partial charge in [-0.1, -0.05) is 13.8 Å². The Bertz CT molecular complexity index is 72.0. The van der Waals surface area contributed by atoms with Gasteiger partial charge in [-0.25, -0.2) is 0 Å². The molecule has 0 unspecified atom stereocenters. The predicted octanol–water partition coefficient (Wildman–Crippen LogP) is -0.415. The molecular weight excluding hydrogens is 130 g/mol. The van der Waals surface area contributed by atoms with Crippen molar-refractivity contribution in [1.82, 2.24) is 5.32 Å². The first-order chi connectivity index (χ1) is 4.70. The summed E-state index contributed by atoms with van der Waals surface area (Å²) in [6.07, 6.45) is 0. The third kappa shape index (κ3) is 4.73. The van der Waals surface area contributed by atoms with Crippen molar-refractivity contribution >= 4 is 0 Å². The van der Waals surface area contributed by atoms with Crippen LogP contribution in [0.2, 0.25) is 0 Å². The maximum Gasteiger partial charge on any atom is 0.0607 e. The number of rotatable bonds is 5. The van der Waals surface area contributed by atoms with E-state index in [1.165, 1.54) is 0 Å². The Morgan fingerprint density at radius 2 is 1.70 bits per heavy atom. The van der Waals surface area contributed by atoms with Crippen LogP contribution in [0, 0.1) is 5.92 Å². The minimum Gasteiger partial charge on any atom is -0.395 e. The molecule has 3 N–H and O–H groups in total. The molecule has 62 valence electrons. The Balaban J connectivity index is 3.26. The normalized spacial score (nSPS) is 11.4. The highest BCUT2D eigenvalue weighted by Crippen LogP contribution is 1.88. The van der Waals surface area contributed by atoms with Gasteiger partial charge in [0.05, 0.1) is 19.3 Å². The van der Waals surface area contributed by atoms with E-state index in [-0.39, 0.29) is 19.3 Å². The van der Waals surface area contributed by atoms with E-state index in [0.29, 0.717) is 5.92 Å². The van der Waals surface area contributed by atoms with E-state index in [1.807, 2.05) is 0 Å². The molecule has 0 aromatic heterocycles. The van der Waals surface area contributed by atoms with Gasteiger partial charge in [-0.15, -0.1) is 0 Å². The molecule has 0 fully saturated rings. The Hall–Kier alpha value is -0.120. The van der Waals surface area contributed by atoms with Crippen LogP contribution in [-0.4, -0.2) is 36.0 Å². The van der Waals surface area contributed by atoms with Crippen molar-refractivity contribution in [2.24, 2.45) is 5.92 Å². The number of nitrogens with one attached hydrogen (secondary N) is 1. The smallest absolute Gasteiger partial charge is 0.0607 e. The lowest BCUT2D eigenvalue weighted by molar-refractivity contribution is 0.168. The lowest BCUT2D eigenvalue weighted by Crippen LogP contribution is -2.37. The maximum atomic E-state index is 8.62. The largest absolute Gasteiger partial charge is 0.395 e. The molecule has 0 atom stereocenters. The molecule has 0 saturated carbocycles. The van der Waals surface area contributed by atoms with Crippen LogP contribution in [0.1, 0.15) is 13.8 Å². The highest BCUT2D eigenvalue weighted by Gasteiger charge is 2.03. The van der Waals surface area contributed by atoms with E-state index in [1.54, 1.807) is 0 Å². The first-order valence-corrected chi connectivity index (χ1v) is 3.65. The van der Waals surface area contributed by atoms with Crippen LogP contribution in [-0.2, 0) is 0 Å². The van der Waals surface area contributed by atoms with E-state index >= 15 is 0 Å². The second kappa shape index (κ2) is 5.65. The van der Waals surface area contributed by atoms with Gasteiger partial charge >= 0.3 is 0 Å². The molecule has 0 heterocycles. The number of aliphatic hydroxyl groups excluding tert-OH is 2. The number of hydrogen-bond acceptors (Lipinski definition) is 3. The van der Waals surface area contributed by atoms with Crippen molar-refractivity contribution in [3.63, 3.8) is 0 Å². The molecule has 0 aliphatic heterocycles. The molecule has 0 radical (unpaired) electrons. The first kappa shape index (κ1) is 9.88. The van der Waals surface area contributed by atoms with Gasteiger partial charge in [-0.2, -0.15) is 0 Å². The second-order valence-electron chi connectivity index (χ2n) is 2.86. The average molecular weight is 147 g/mol. The van der Waals surface area contributed by atoms with Crippen LogP contribution in [0.25, 0.3) is 0 Å². The monoisotopic (exact) mass is 147 g/mol. The SMILES string of the molecule is CC(C)CNC(CO)CO. The summed E-state index contributed by atoms with van der Waals surface area (Å²) in [5.74, 6) is 0.556. The molecule has 10 heavy (non-hydrogen) atoms. The molecule has 0 rings (SSSR count). The summed E-state index contributed by atoms with van der Waals surface area (Å²) in [4.78, 5) is 0. The molecular formula is C7H17NO2. The van der Waals surface area contributed by atoms with Crippen LogP contribution < -0.4 is 5.32 Å². The molecule has 3 nitrogen and oxygen atoms in total. The summed E-state index contributed by atoms with van der Waals surface area (Å²) < 4.78 is 0. The molecule has 0 aliphatic carbocycles. The van der Waals surface area contributed by atoms with Crippen molar-refractivity contribution in [2.75, 3.05) is 19.8 Å². The van der Waals surface area contributed by atoms with Gasteiger partial charge in [0.2, 0.25) is 0 Å². The molecule has 0 bridgehead atoms. The van der Waals surface area contributed by atoms with Gasteiger partial charge in [0.15, 0.2) is 0 Å². The van der Waals surface area contributed by atoms with Crippen LogP contribution >= 0.6 is 0 Å². The highest BCUT2D eigenvalue weighted by atomic mass is 16.3. The van der Waals surface area contributed by atoms with Crippen LogP contribution in [0.3, 0.4) is 0 Å². The fourth-order valence-electron chi connectivity index (χ4n) is 0.589. The first-order valence-electron chi connectivity index (χ1n) is 3.65. The molecule has 0 aromatic carbocycles. The van der Waals surface area contributed by atoms with Crippen molar-refractivity contribution in [2.45, 2.75) is 19.9 Å². The molecule has 0 saturated heterocycles. The second-order valence-corrected chi connectivity index (χ2v) is 2.86. The minimum atomic E-state index is -0.151. The summed E-state index contributed by atoms with van der Waals surface area (Å²) in [7, 11) is 0. The van der Waals surface area contributed by atoms with Crippen LogP contribution in [0.5, 0.6) is 0 Å². The maximum absolute atomic E-state index is 8.62. The van der Waals surface area contributed by atoms with Crippen molar-refractivity contribution in [3.05, 3.63) is 0 Å². The highest BCUT2D eigenvalue weighted by molar-refractivity contribution is 4.63. The Labute approximate surface area is 62.1 Å². The van der Waals surface area contributed by atoms with Gasteiger partial charge < -0.3 is 15.5 Å². The predicted molar refractivity (Wildman–Crippen MR) is 40.8 cm³/mol. The zero-order valence-electron chi connectivity index (χ0n) is 6.67. The topological polar surface area (TPSA) is 52.5 Å². The summed E-state index contributed by atoms with van der Waals surface area (Å²) in [5, 5.41) is 20.3. The molecule has 0 amide bonds. The van der Waals surface area contributed by atoms with E-state index in [4.69, 9.17) is 10.2 Å². The van der Waals surface area contributed by atoms with Crippen LogP contribution in [0.4, 0.5) is 0 Å². The zero-order chi connectivity index (χ0) is 7.98.